The number of carboxylic acids is 1. The van der Waals surface area contributed by atoms with E-state index in [0.717, 1.165) is 28.8 Å². The van der Waals surface area contributed by atoms with E-state index in [2.05, 4.69) is 28.8 Å². The molecule has 11 heteroatoms. The van der Waals surface area contributed by atoms with E-state index in [1.54, 1.807) is 42.0 Å². The van der Waals surface area contributed by atoms with E-state index < -0.39 is 11.9 Å². The van der Waals surface area contributed by atoms with Crippen LogP contribution >= 0.6 is 0 Å². The summed E-state index contributed by atoms with van der Waals surface area (Å²) in [4.78, 5) is 51.2. The zero-order chi connectivity index (χ0) is 31.7. The maximum atomic E-state index is 13.2. The number of hydroxylamine groups is 1. The summed E-state index contributed by atoms with van der Waals surface area (Å²) in [5.74, 6) is -2.49. The molecule has 3 aromatic carbocycles. The van der Waals surface area contributed by atoms with Gasteiger partial charge in [0.1, 0.15) is 17.3 Å². The highest BCUT2D eigenvalue weighted by atomic mass is 16.7. The van der Waals surface area contributed by atoms with Gasteiger partial charge in [-0.1, -0.05) is 43.3 Å². The lowest BCUT2D eigenvalue weighted by molar-refractivity contribution is -0.141. The van der Waals surface area contributed by atoms with Crippen molar-refractivity contribution in [2.24, 2.45) is 5.92 Å². The fourth-order valence-corrected chi connectivity index (χ4v) is 5.88. The number of hydrogen-bond acceptors (Lipinski definition) is 8. The van der Waals surface area contributed by atoms with Crippen LogP contribution in [0.1, 0.15) is 36.5 Å². The molecule has 4 aromatic rings. The maximum Gasteiger partial charge on any atom is 0.308 e. The van der Waals surface area contributed by atoms with Crippen LogP contribution in [0.25, 0.3) is 11.1 Å². The molecule has 1 aromatic heterocycles. The molecule has 3 atom stereocenters. The zero-order valence-electron chi connectivity index (χ0n) is 25.3. The molecule has 0 aliphatic carbocycles. The van der Waals surface area contributed by atoms with Crippen LogP contribution in [0.5, 0.6) is 0 Å². The molecule has 0 bridgehead atoms. The van der Waals surface area contributed by atoms with Crippen molar-refractivity contribution in [1.29, 1.82) is 0 Å². The topological polar surface area (TPSA) is 137 Å². The van der Waals surface area contributed by atoms with Gasteiger partial charge in [-0.05, 0) is 66.4 Å². The molecule has 2 aliphatic heterocycles. The third-order valence-electron chi connectivity index (χ3n) is 8.44. The first kappa shape index (κ1) is 29.9. The fourth-order valence-electron chi connectivity index (χ4n) is 5.88. The van der Waals surface area contributed by atoms with Gasteiger partial charge >= 0.3 is 5.97 Å². The Kier molecular flexibility index (Phi) is 8.27. The fraction of sp³-hybridized carbons (Fsp3) is 0.294. The Morgan fingerprint density at radius 2 is 1.87 bits per heavy atom. The van der Waals surface area contributed by atoms with Crippen LogP contribution in [0.15, 0.2) is 82.9 Å². The molecule has 2 aliphatic rings. The Labute approximate surface area is 260 Å². The number of nitrogens with zero attached hydrogens (tertiary/aromatic N) is 3. The number of hydrogen-bond donors (Lipinski definition) is 3. The van der Waals surface area contributed by atoms with Crippen LogP contribution in [-0.4, -0.2) is 59.0 Å². The molecule has 2 amide bonds. The van der Waals surface area contributed by atoms with Gasteiger partial charge in [-0.3, -0.25) is 24.7 Å². The monoisotopic (exact) mass is 609 g/mol. The Balaban J connectivity index is 1.11. The number of likely N-dealkylation sites (tertiary alicyclic amines) is 1. The number of benzene rings is 3. The van der Waals surface area contributed by atoms with E-state index in [1.165, 1.54) is 0 Å². The summed E-state index contributed by atoms with van der Waals surface area (Å²) in [5.41, 5.74) is 8.58. The van der Waals surface area contributed by atoms with Crippen molar-refractivity contribution in [3.63, 3.8) is 0 Å². The van der Waals surface area contributed by atoms with Crippen molar-refractivity contribution in [1.82, 2.24) is 15.4 Å². The number of oxazole rings is 1. The van der Waals surface area contributed by atoms with E-state index in [-0.39, 0.29) is 43.3 Å². The highest BCUT2D eigenvalue weighted by molar-refractivity contribution is 5.95. The molecular weight excluding hydrogens is 574 g/mol. The summed E-state index contributed by atoms with van der Waals surface area (Å²) in [7, 11) is 1.71. The maximum absolute atomic E-state index is 13.2. The van der Waals surface area contributed by atoms with Crippen molar-refractivity contribution in [2.75, 3.05) is 30.4 Å². The lowest BCUT2D eigenvalue weighted by Crippen LogP contribution is -2.34. The lowest BCUT2D eigenvalue weighted by atomic mass is 9.89. The smallest absolute Gasteiger partial charge is 0.308 e. The number of likely N-dealkylation sites (N-methyl/N-ethyl adjacent to an activating group) is 1. The first-order chi connectivity index (χ1) is 21.7. The van der Waals surface area contributed by atoms with Gasteiger partial charge in [-0.2, -0.15) is 4.98 Å². The van der Waals surface area contributed by atoms with Crippen LogP contribution < -0.4 is 15.7 Å². The Hall–Kier alpha value is -5.16. The van der Waals surface area contributed by atoms with E-state index in [0.29, 0.717) is 28.5 Å². The number of carbonyl (C=O) groups excluding carboxylic acids is 2. The molecule has 1 fully saturated rings. The van der Waals surface area contributed by atoms with Crippen molar-refractivity contribution < 1.29 is 28.7 Å². The van der Waals surface area contributed by atoms with Crippen LogP contribution in [0.3, 0.4) is 0 Å². The van der Waals surface area contributed by atoms with E-state index in [1.807, 2.05) is 48.5 Å². The van der Waals surface area contributed by atoms with E-state index in [4.69, 9.17) is 9.25 Å². The summed E-state index contributed by atoms with van der Waals surface area (Å²) < 4.78 is 5.96. The molecule has 0 saturated carbocycles. The first-order valence-corrected chi connectivity index (χ1v) is 15.0. The largest absolute Gasteiger partial charge is 0.481 e. The summed E-state index contributed by atoms with van der Waals surface area (Å²) >= 11 is 0. The van der Waals surface area contributed by atoms with Gasteiger partial charge in [0, 0.05) is 37.4 Å². The number of aliphatic carboxylic acids is 1. The second-order valence-electron chi connectivity index (χ2n) is 11.4. The molecule has 45 heavy (non-hydrogen) atoms. The van der Waals surface area contributed by atoms with Gasteiger partial charge in [0.05, 0.1) is 12.3 Å². The van der Waals surface area contributed by atoms with E-state index in [9.17, 15) is 19.5 Å². The zero-order valence-corrected chi connectivity index (χ0v) is 25.3. The molecule has 3 heterocycles. The minimum atomic E-state index is -0.956. The van der Waals surface area contributed by atoms with Gasteiger partial charge < -0.3 is 24.6 Å². The van der Waals surface area contributed by atoms with Crippen molar-refractivity contribution in [3.8, 4) is 0 Å². The Bertz CT molecular complexity index is 1780. The van der Waals surface area contributed by atoms with Gasteiger partial charge in [0.2, 0.25) is 5.91 Å². The molecule has 232 valence electrons. The number of carbonyl (C=O) groups is 3. The number of carboxylic acid groups (broad SMARTS) is 1. The van der Waals surface area contributed by atoms with Gasteiger partial charge in [0.25, 0.3) is 11.9 Å². The average molecular weight is 610 g/mol. The second kappa shape index (κ2) is 12.4. The summed E-state index contributed by atoms with van der Waals surface area (Å²) in [6.07, 6.45) is 2.47. The van der Waals surface area contributed by atoms with Gasteiger partial charge in [-0.25, -0.2) is 0 Å². The Morgan fingerprint density at radius 3 is 2.58 bits per heavy atom. The average Bonchev–Trinajstić information content (AvgIpc) is 3.79. The molecular formula is C34H35N5O6. The number of nitrogens with one attached hydrogen (secondary N) is 2. The normalized spacial score (nSPS) is 19.3. The molecule has 3 unspecified atom stereocenters. The van der Waals surface area contributed by atoms with Crippen LogP contribution in [0, 0.1) is 5.92 Å². The highest BCUT2D eigenvalue weighted by Gasteiger charge is 2.41. The van der Waals surface area contributed by atoms with Crippen LogP contribution in [-0.2, 0) is 32.1 Å². The predicted octanol–water partition coefficient (Wildman–Crippen LogP) is 4.77. The number of rotatable bonds is 9. The van der Waals surface area contributed by atoms with Crippen molar-refractivity contribution in [2.45, 2.75) is 38.7 Å². The van der Waals surface area contributed by atoms with Crippen molar-refractivity contribution >= 4 is 46.3 Å². The number of aryl methyl sites for hydroxylation is 1. The molecule has 0 spiro atoms. The quantitative estimate of drug-likeness (QED) is 0.245. The first-order valence-electron chi connectivity index (χ1n) is 15.0. The van der Waals surface area contributed by atoms with Gasteiger partial charge in [-0.15, -0.1) is 0 Å². The number of fused-ring (bicyclic) bond motifs is 1. The third-order valence-corrected chi connectivity index (χ3v) is 8.44. The van der Waals surface area contributed by atoms with E-state index >= 15 is 0 Å². The molecule has 0 radical (unpaired) electrons. The van der Waals surface area contributed by atoms with Crippen LogP contribution in [0.2, 0.25) is 0 Å². The standard InChI is InChI=1S/C34H35N5O6/c1-4-22-7-5-6-8-27(22)35-34-36-28-14-9-21(16-30(28)44-34)17-31(40)38(3)24-12-10-23(11-13-24)25-18-39(19-26(25)33(42)43)32(41)29-15-20(2)45-37-29/h5-16,20,25-26,37H,4,17-19H2,1-3H3,(H,35,36)(H,42,43). The lowest BCUT2D eigenvalue weighted by Gasteiger charge is -2.20. The number of anilines is 3. The predicted molar refractivity (Wildman–Crippen MR) is 169 cm³/mol. The minimum Gasteiger partial charge on any atom is -0.481 e. The third kappa shape index (κ3) is 6.25. The highest BCUT2D eigenvalue weighted by Crippen LogP contribution is 2.35. The van der Waals surface area contributed by atoms with Crippen molar-refractivity contribution in [3.05, 3.63) is 95.2 Å². The number of amides is 2. The van der Waals surface area contributed by atoms with Gasteiger partial charge in [0.15, 0.2) is 5.58 Å². The summed E-state index contributed by atoms with van der Waals surface area (Å²) in [5, 5.41) is 13.2. The molecule has 6 rings (SSSR count). The molecule has 3 N–H and O–H groups in total. The summed E-state index contributed by atoms with van der Waals surface area (Å²) in [6, 6.07) is 21.2. The summed E-state index contributed by atoms with van der Waals surface area (Å²) in [6.45, 7) is 4.27. The molecule has 11 nitrogen and oxygen atoms in total. The molecule has 1 saturated heterocycles. The number of aromatic nitrogens is 1. The Morgan fingerprint density at radius 1 is 1.09 bits per heavy atom. The van der Waals surface area contributed by atoms with Crippen LogP contribution in [0.4, 0.5) is 17.4 Å². The second-order valence-corrected chi connectivity index (χ2v) is 11.4. The number of para-hydroxylation sites is 1. The SMILES string of the molecule is CCc1ccccc1Nc1nc2ccc(CC(=O)N(C)c3ccc(C4CN(C(=O)C5=CC(C)ON5)CC4C(=O)O)cc3)cc2o1. The minimum absolute atomic E-state index is 0.103.